The Balaban J connectivity index is 2.81. The molecular weight excluding hydrogens is 229 g/mol. The molecule has 2 N–H and O–H groups in total. The second-order valence-electron chi connectivity index (χ2n) is 4.16. The van der Waals surface area contributed by atoms with Crippen LogP contribution in [0.2, 0.25) is 5.02 Å². The number of Topliss-reactive ketones (excluding diaryl/α,β-unsaturated/α-hetero) is 1. The molecule has 0 aliphatic heterocycles. The van der Waals surface area contributed by atoms with Crippen LogP contribution in [0, 0.1) is 11.7 Å². The molecule has 0 aliphatic carbocycles. The van der Waals surface area contributed by atoms with Gasteiger partial charge in [0.25, 0.3) is 0 Å². The average Bonchev–Trinajstić information content (AvgIpc) is 2.16. The van der Waals surface area contributed by atoms with E-state index in [0.29, 0.717) is 0 Å². The summed E-state index contributed by atoms with van der Waals surface area (Å²) in [7, 11) is 0. The zero-order valence-corrected chi connectivity index (χ0v) is 10.1. The summed E-state index contributed by atoms with van der Waals surface area (Å²) in [6, 6.07) is 3.78. The lowest BCUT2D eigenvalue weighted by molar-refractivity contribution is 0.0964. The molecule has 0 saturated carbocycles. The van der Waals surface area contributed by atoms with Gasteiger partial charge in [-0.3, -0.25) is 4.79 Å². The topological polar surface area (TPSA) is 43.1 Å². The minimum absolute atomic E-state index is 0.0560. The number of nitrogens with two attached hydrogens (primary N) is 1. The molecule has 0 saturated heterocycles. The molecule has 88 valence electrons. The lowest BCUT2D eigenvalue weighted by atomic mass is 9.96. The van der Waals surface area contributed by atoms with Crippen molar-refractivity contribution in [2.45, 2.75) is 26.3 Å². The molecule has 1 unspecified atom stereocenters. The van der Waals surface area contributed by atoms with Crippen molar-refractivity contribution >= 4 is 17.4 Å². The predicted octanol–water partition coefficient (Wildman–Crippen LogP) is 3.04. The van der Waals surface area contributed by atoms with E-state index >= 15 is 0 Å². The number of ketones is 1. The van der Waals surface area contributed by atoms with Crippen LogP contribution in [0.15, 0.2) is 18.2 Å². The number of halogens is 2. The Morgan fingerprint density at radius 2 is 2.12 bits per heavy atom. The molecule has 0 aromatic heterocycles. The highest BCUT2D eigenvalue weighted by Gasteiger charge is 2.17. The fourth-order valence-electron chi connectivity index (χ4n) is 1.28. The Morgan fingerprint density at radius 3 is 2.62 bits per heavy atom. The van der Waals surface area contributed by atoms with Gasteiger partial charge in [-0.1, -0.05) is 25.4 Å². The van der Waals surface area contributed by atoms with E-state index in [-0.39, 0.29) is 34.7 Å². The van der Waals surface area contributed by atoms with E-state index in [9.17, 15) is 9.18 Å². The summed E-state index contributed by atoms with van der Waals surface area (Å²) >= 11 is 5.60. The first-order chi connectivity index (χ1) is 7.41. The van der Waals surface area contributed by atoms with E-state index in [0.717, 1.165) is 6.07 Å². The van der Waals surface area contributed by atoms with Gasteiger partial charge in [0.1, 0.15) is 5.82 Å². The second-order valence-corrected chi connectivity index (χ2v) is 4.60. The van der Waals surface area contributed by atoms with Crippen molar-refractivity contribution < 1.29 is 9.18 Å². The van der Waals surface area contributed by atoms with Gasteiger partial charge in [0, 0.05) is 17.5 Å². The maximum atomic E-state index is 13.4. The van der Waals surface area contributed by atoms with Crippen LogP contribution in [-0.2, 0) is 0 Å². The van der Waals surface area contributed by atoms with Crippen molar-refractivity contribution in [3.63, 3.8) is 0 Å². The molecule has 16 heavy (non-hydrogen) atoms. The molecule has 0 amide bonds. The first kappa shape index (κ1) is 13.1. The summed E-state index contributed by atoms with van der Waals surface area (Å²) < 4.78 is 13.4. The number of benzene rings is 1. The molecule has 0 bridgehead atoms. The van der Waals surface area contributed by atoms with Crippen LogP contribution < -0.4 is 5.73 Å². The van der Waals surface area contributed by atoms with Crippen LogP contribution in [0.4, 0.5) is 4.39 Å². The number of carbonyl (C=O) groups is 1. The van der Waals surface area contributed by atoms with E-state index in [1.54, 1.807) is 0 Å². The van der Waals surface area contributed by atoms with Crippen LogP contribution in [0.25, 0.3) is 0 Å². The second kappa shape index (κ2) is 5.41. The summed E-state index contributed by atoms with van der Waals surface area (Å²) in [6.07, 6.45) is 0.149. The zero-order chi connectivity index (χ0) is 12.3. The van der Waals surface area contributed by atoms with E-state index < -0.39 is 5.82 Å². The first-order valence-electron chi connectivity index (χ1n) is 5.15. The Kier molecular flexibility index (Phi) is 4.44. The SMILES string of the molecule is CC(C)C(N)CC(=O)c1ccc(Cl)cc1F. The van der Waals surface area contributed by atoms with Gasteiger partial charge in [0.05, 0.1) is 5.56 Å². The van der Waals surface area contributed by atoms with E-state index in [2.05, 4.69) is 0 Å². The van der Waals surface area contributed by atoms with E-state index in [4.69, 9.17) is 17.3 Å². The molecule has 1 aromatic rings. The van der Waals surface area contributed by atoms with E-state index in [1.807, 2.05) is 13.8 Å². The lowest BCUT2D eigenvalue weighted by Crippen LogP contribution is -2.29. The fourth-order valence-corrected chi connectivity index (χ4v) is 1.43. The van der Waals surface area contributed by atoms with Crippen LogP contribution in [0.1, 0.15) is 30.6 Å². The van der Waals surface area contributed by atoms with Crippen molar-refractivity contribution in [1.82, 2.24) is 0 Å². The third kappa shape index (κ3) is 3.29. The number of rotatable bonds is 4. The Hall–Kier alpha value is -0.930. The average molecular weight is 244 g/mol. The van der Waals surface area contributed by atoms with Crippen LogP contribution >= 0.6 is 11.6 Å². The highest BCUT2D eigenvalue weighted by atomic mass is 35.5. The minimum atomic E-state index is -0.589. The molecular formula is C12H15ClFNO. The molecule has 4 heteroatoms. The first-order valence-corrected chi connectivity index (χ1v) is 5.53. The molecule has 2 nitrogen and oxygen atoms in total. The standard InChI is InChI=1S/C12H15ClFNO/c1-7(2)11(15)6-12(16)9-4-3-8(13)5-10(9)14/h3-5,7,11H,6,15H2,1-2H3. The summed E-state index contributed by atoms with van der Waals surface area (Å²) in [5, 5.41) is 0.280. The van der Waals surface area contributed by atoms with Gasteiger partial charge in [0.15, 0.2) is 5.78 Å². The largest absolute Gasteiger partial charge is 0.327 e. The molecule has 1 atom stereocenters. The normalized spacial score (nSPS) is 12.9. The smallest absolute Gasteiger partial charge is 0.167 e. The van der Waals surface area contributed by atoms with Gasteiger partial charge in [-0.05, 0) is 24.1 Å². The molecule has 0 fully saturated rings. The third-order valence-corrected chi connectivity index (χ3v) is 2.74. The molecule has 0 radical (unpaired) electrons. The van der Waals surface area contributed by atoms with Gasteiger partial charge in [-0.15, -0.1) is 0 Å². The van der Waals surface area contributed by atoms with Crippen molar-refractivity contribution in [3.05, 3.63) is 34.6 Å². The van der Waals surface area contributed by atoms with Gasteiger partial charge in [0.2, 0.25) is 0 Å². The van der Waals surface area contributed by atoms with Crippen LogP contribution in [0.3, 0.4) is 0 Å². The zero-order valence-electron chi connectivity index (χ0n) is 9.34. The fraction of sp³-hybridized carbons (Fsp3) is 0.417. The predicted molar refractivity (Wildman–Crippen MR) is 63.2 cm³/mol. The van der Waals surface area contributed by atoms with Crippen molar-refractivity contribution in [3.8, 4) is 0 Å². The quantitative estimate of drug-likeness (QED) is 0.826. The van der Waals surface area contributed by atoms with Crippen LogP contribution in [-0.4, -0.2) is 11.8 Å². The highest BCUT2D eigenvalue weighted by molar-refractivity contribution is 6.30. The maximum Gasteiger partial charge on any atom is 0.167 e. The van der Waals surface area contributed by atoms with Gasteiger partial charge in [-0.2, -0.15) is 0 Å². The summed E-state index contributed by atoms with van der Waals surface area (Å²) in [5.74, 6) is -0.678. The molecule has 0 spiro atoms. The minimum Gasteiger partial charge on any atom is -0.327 e. The Labute approximate surface area is 99.6 Å². The number of carbonyl (C=O) groups excluding carboxylic acids is 1. The third-order valence-electron chi connectivity index (χ3n) is 2.51. The van der Waals surface area contributed by atoms with Crippen molar-refractivity contribution in [1.29, 1.82) is 0 Å². The number of hydrogen-bond donors (Lipinski definition) is 1. The molecule has 1 rings (SSSR count). The Morgan fingerprint density at radius 1 is 1.50 bits per heavy atom. The molecule has 0 heterocycles. The van der Waals surface area contributed by atoms with Gasteiger partial charge < -0.3 is 5.73 Å². The van der Waals surface area contributed by atoms with Gasteiger partial charge >= 0.3 is 0 Å². The Bertz CT molecular complexity index is 393. The summed E-state index contributed by atoms with van der Waals surface area (Å²) in [4.78, 5) is 11.7. The lowest BCUT2D eigenvalue weighted by Gasteiger charge is -2.14. The summed E-state index contributed by atoms with van der Waals surface area (Å²) in [6.45, 7) is 3.85. The maximum absolute atomic E-state index is 13.4. The van der Waals surface area contributed by atoms with Crippen molar-refractivity contribution in [2.75, 3.05) is 0 Å². The molecule has 1 aromatic carbocycles. The van der Waals surface area contributed by atoms with E-state index in [1.165, 1.54) is 12.1 Å². The highest BCUT2D eigenvalue weighted by Crippen LogP contribution is 2.17. The summed E-state index contributed by atoms with van der Waals surface area (Å²) in [5.41, 5.74) is 5.82. The van der Waals surface area contributed by atoms with Gasteiger partial charge in [-0.25, -0.2) is 4.39 Å². The monoisotopic (exact) mass is 243 g/mol. The van der Waals surface area contributed by atoms with Crippen LogP contribution in [0.5, 0.6) is 0 Å². The molecule has 0 aliphatic rings. The van der Waals surface area contributed by atoms with Crippen molar-refractivity contribution in [2.24, 2.45) is 11.7 Å². The number of hydrogen-bond acceptors (Lipinski definition) is 2.